The van der Waals surface area contributed by atoms with Crippen molar-refractivity contribution in [2.75, 3.05) is 0 Å². The quantitative estimate of drug-likeness (QED) is 0.0616. The van der Waals surface area contributed by atoms with Gasteiger partial charge < -0.3 is 0 Å². The van der Waals surface area contributed by atoms with Crippen LogP contribution in [-0.4, -0.2) is 0 Å². The molecule has 0 nitrogen and oxygen atoms in total. The van der Waals surface area contributed by atoms with Gasteiger partial charge in [-0.3, -0.25) is 0 Å². The molecule has 0 amide bonds. The van der Waals surface area contributed by atoms with Gasteiger partial charge in [-0.05, 0) is 149 Å². The first kappa shape index (κ1) is 53.2. The van der Waals surface area contributed by atoms with Crippen LogP contribution in [0.1, 0.15) is 65.3 Å². The summed E-state index contributed by atoms with van der Waals surface area (Å²) in [5, 5.41) is 13.6. The van der Waals surface area contributed by atoms with Gasteiger partial charge >= 0.3 is 0 Å². The molecule has 67 heavy (non-hydrogen) atoms. The predicted molar refractivity (Wildman–Crippen MR) is 299 cm³/mol. The van der Waals surface area contributed by atoms with Gasteiger partial charge in [0.05, 0.1) is 5.57 Å². The fraction of sp³-hybridized carbons (Fsp3) is 0.194. The molecule has 0 fully saturated rings. The number of hydrogen-bond donors (Lipinski definition) is 0. The molecule has 0 aromatic heterocycles. The van der Waals surface area contributed by atoms with E-state index in [0.29, 0.717) is 5.92 Å². The molecule has 8 aromatic rings. The first-order valence-corrected chi connectivity index (χ1v) is 25.1. The van der Waals surface area contributed by atoms with Crippen LogP contribution < -0.4 is 31.8 Å². The summed E-state index contributed by atoms with van der Waals surface area (Å²) in [6, 6.07) is 56.6. The van der Waals surface area contributed by atoms with Gasteiger partial charge in [-0.1, -0.05) is 227 Å². The van der Waals surface area contributed by atoms with Crippen LogP contribution in [0.5, 0.6) is 0 Å². The SMILES string of the molecule is CC1=C=C=C(C(C)C)C#C1.Cc1cc(C)cc(P(c2cc(C)cc(C)c2)c2ccc3ccccc3c2-c2c(P(c3cc(C)cc(C)c3)c3cc(C)cc(C)c3)ccc3ccccc23)c1.Cl.Cl.[Ru]. The van der Waals surface area contributed by atoms with E-state index in [9.17, 15) is 0 Å². The smallest absolute Gasteiger partial charge is 0.0551 e. The summed E-state index contributed by atoms with van der Waals surface area (Å²) in [6.45, 7) is 24.1. The van der Waals surface area contributed by atoms with Gasteiger partial charge in [-0.25, -0.2) is 0 Å². The predicted octanol–water partition coefficient (Wildman–Crippen LogP) is 14.8. The topological polar surface area (TPSA) is 0 Å². The summed E-state index contributed by atoms with van der Waals surface area (Å²) in [5.41, 5.74) is 21.2. The van der Waals surface area contributed by atoms with Crippen molar-refractivity contribution in [2.24, 2.45) is 5.92 Å². The molecule has 0 atom stereocenters. The van der Waals surface area contributed by atoms with Gasteiger partial charge in [0.1, 0.15) is 0 Å². The van der Waals surface area contributed by atoms with Crippen molar-refractivity contribution in [3.8, 4) is 23.0 Å². The van der Waals surface area contributed by atoms with Crippen LogP contribution in [0.25, 0.3) is 32.7 Å². The molecule has 1 aliphatic carbocycles. The van der Waals surface area contributed by atoms with Gasteiger partial charge in [0, 0.05) is 25.1 Å². The molecule has 0 unspecified atom stereocenters. The zero-order valence-electron chi connectivity index (χ0n) is 40.5. The molecule has 0 saturated heterocycles. The molecule has 0 saturated carbocycles. The van der Waals surface area contributed by atoms with Gasteiger partial charge in [-0.2, -0.15) is 0 Å². The molecule has 0 spiro atoms. The Morgan fingerprint density at radius 1 is 0.373 bits per heavy atom. The molecule has 0 heterocycles. The van der Waals surface area contributed by atoms with Gasteiger partial charge in [0.25, 0.3) is 0 Å². The maximum absolute atomic E-state index is 3.02. The van der Waals surface area contributed by atoms with Crippen LogP contribution in [0.15, 0.2) is 168 Å². The minimum atomic E-state index is -0.937. The summed E-state index contributed by atoms with van der Waals surface area (Å²) >= 11 is 0. The standard InChI is InChI=1S/C52H48P2.C10H10.2ClH.Ru/c1-33-21-34(2)26-43(25-33)53(44-27-35(3)22-36(4)28-44)49-19-17-41-13-9-11-15-47(41)51(49)52-48-16-12-10-14-42(48)18-20-50(52)54(45-29-37(5)23-38(6)30-45)46-31-39(7)24-40(8)32-46;1-8(2)10-6-4-9(3)5-7-10;;;/h9-32H,1-8H3;8H,1-3H3;2*1H;. The Kier molecular flexibility index (Phi) is 18.3. The van der Waals surface area contributed by atoms with Crippen molar-refractivity contribution in [1.29, 1.82) is 0 Å². The Bertz CT molecular complexity index is 2930. The third kappa shape index (κ3) is 12.1. The molecule has 9 rings (SSSR count). The Balaban J connectivity index is 0.000000576. The molecular weight excluding hydrogens is 979 g/mol. The van der Waals surface area contributed by atoms with E-state index in [0.717, 1.165) is 11.1 Å². The Morgan fingerprint density at radius 3 is 0.970 bits per heavy atom. The number of halogens is 2. The molecule has 0 N–H and O–H groups in total. The van der Waals surface area contributed by atoms with E-state index in [2.05, 4.69) is 238 Å². The van der Waals surface area contributed by atoms with Crippen LogP contribution in [0, 0.1) is 73.1 Å². The second-order valence-corrected chi connectivity index (χ2v) is 22.5. The summed E-state index contributed by atoms with van der Waals surface area (Å²) in [4.78, 5) is 0. The van der Waals surface area contributed by atoms with E-state index in [1.54, 1.807) is 0 Å². The summed E-state index contributed by atoms with van der Waals surface area (Å²) < 4.78 is 0. The monoisotopic (exact) mass is 1040 g/mol. The normalized spacial score (nSPS) is 11.5. The molecule has 5 heteroatoms. The maximum Gasteiger partial charge on any atom is 0.0551 e. The van der Waals surface area contributed by atoms with Crippen LogP contribution in [0.2, 0.25) is 0 Å². The van der Waals surface area contributed by atoms with Crippen LogP contribution in [0.4, 0.5) is 0 Å². The fourth-order valence-electron chi connectivity index (χ4n) is 9.27. The van der Waals surface area contributed by atoms with E-state index >= 15 is 0 Å². The van der Waals surface area contributed by atoms with Crippen molar-refractivity contribution < 1.29 is 19.5 Å². The average Bonchev–Trinajstić information content (AvgIpc) is 3.23. The summed E-state index contributed by atoms with van der Waals surface area (Å²) in [6.07, 6.45) is 0. The zero-order chi connectivity index (χ0) is 45.2. The largest absolute Gasteiger partial charge is 0.147 e. The third-order valence-corrected chi connectivity index (χ3v) is 16.6. The fourth-order valence-corrected chi connectivity index (χ4v) is 15.0. The van der Waals surface area contributed by atoms with Crippen LogP contribution in [0.3, 0.4) is 0 Å². The molecule has 8 aromatic carbocycles. The average molecular weight is 1040 g/mol. The third-order valence-electron chi connectivity index (χ3n) is 11.8. The number of allylic oxidation sites excluding steroid dienone is 2. The first-order valence-electron chi connectivity index (χ1n) is 22.4. The van der Waals surface area contributed by atoms with Crippen molar-refractivity contribution in [1.82, 2.24) is 0 Å². The minimum Gasteiger partial charge on any atom is -0.147 e. The zero-order valence-corrected chi connectivity index (χ0v) is 45.7. The first-order chi connectivity index (χ1) is 30.7. The van der Waals surface area contributed by atoms with E-state index in [4.69, 9.17) is 0 Å². The Hall–Kier alpha value is -4.80. The Labute approximate surface area is 428 Å². The van der Waals surface area contributed by atoms with Crippen molar-refractivity contribution in [3.05, 3.63) is 213 Å². The van der Waals surface area contributed by atoms with Crippen molar-refractivity contribution in [2.45, 2.75) is 76.2 Å². The summed E-state index contributed by atoms with van der Waals surface area (Å²) in [7, 11) is -1.87. The molecule has 1 aliphatic rings. The van der Waals surface area contributed by atoms with Crippen molar-refractivity contribution >= 4 is 94.0 Å². The number of rotatable bonds is 8. The number of fused-ring (bicyclic) bond motifs is 2. The van der Waals surface area contributed by atoms with E-state index in [1.807, 2.05) is 6.92 Å². The van der Waals surface area contributed by atoms with Gasteiger partial charge in [0.15, 0.2) is 0 Å². The van der Waals surface area contributed by atoms with Crippen LogP contribution >= 0.6 is 40.7 Å². The van der Waals surface area contributed by atoms with E-state index < -0.39 is 15.8 Å². The van der Waals surface area contributed by atoms with Crippen LogP contribution in [-0.2, 0) is 19.5 Å². The second-order valence-electron chi connectivity index (χ2n) is 18.1. The molecule has 0 bridgehead atoms. The molecular formula is C62H60Cl2P2Ru. The summed E-state index contributed by atoms with van der Waals surface area (Å²) in [5.74, 6) is 6.47. The minimum absolute atomic E-state index is 0. The Morgan fingerprint density at radius 2 is 0.687 bits per heavy atom. The number of benzene rings is 8. The maximum atomic E-state index is 3.02. The number of hydrogen-bond acceptors (Lipinski definition) is 0. The number of aryl methyl sites for hydroxylation is 8. The van der Waals surface area contributed by atoms with Gasteiger partial charge in [-0.15, -0.1) is 24.8 Å². The molecule has 0 aliphatic heterocycles. The van der Waals surface area contributed by atoms with Gasteiger partial charge in [0.2, 0.25) is 0 Å². The van der Waals surface area contributed by atoms with E-state index in [1.165, 1.54) is 109 Å². The molecule has 0 radical (unpaired) electrons. The van der Waals surface area contributed by atoms with E-state index in [-0.39, 0.29) is 44.3 Å². The van der Waals surface area contributed by atoms with Crippen molar-refractivity contribution in [3.63, 3.8) is 0 Å². The molecule has 340 valence electrons. The second kappa shape index (κ2) is 23.0.